The minimum Gasteiger partial charge on any atom is -0.396 e. The van der Waals surface area contributed by atoms with Crippen molar-refractivity contribution in [1.82, 2.24) is 5.32 Å². The average molecular weight is 363 g/mol. The Hall–Kier alpha value is -0.280. The molecule has 1 heterocycles. The summed E-state index contributed by atoms with van der Waals surface area (Å²) in [7, 11) is 0. The van der Waals surface area contributed by atoms with Crippen molar-refractivity contribution in [3.05, 3.63) is 0 Å². The molecular weight excluding hydrogens is 326 g/mol. The van der Waals surface area contributed by atoms with Crippen LogP contribution in [0.15, 0.2) is 0 Å². The molecule has 0 aromatic heterocycles. The lowest BCUT2D eigenvalue weighted by Gasteiger charge is -2.22. The third-order valence-electron chi connectivity index (χ3n) is 5.13. The molecule has 0 bridgehead atoms. The monoisotopic (exact) mass is 363 g/mol. The van der Waals surface area contributed by atoms with Gasteiger partial charge >= 0.3 is 0 Å². The molecule has 1 rings (SSSR count). The average Bonchev–Trinajstić information content (AvgIpc) is 2.90. The van der Waals surface area contributed by atoms with E-state index in [0.717, 1.165) is 44.9 Å². The lowest BCUT2D eigenvalue weighted by atomic mass is 9.98. The Bertz CT molecular complexity index is 333. The van der Waals surface area contributed by atoms with Crippen LogP contribution in [-0.2, 0) is 0 Å². The first-order chi connectivity index (χ1) is 12.0. The molecular formula is C18H37NO6. The van der Waals surface area contributed by atoms with Gasteiger partial charge in [0.25, 0.3) is 0 Å². The fourth-order valence-electron chi connectivity index (χ4n) is 3.49. The summed E-state index contributed by atoms with van der Waals surface area (Å²) in [5.74, 6) is 0. The number of nitrogens with one attached hydrogen (secondary N) is 1. The molecule has 7 N–H and O–H groups in total. The summed E-state index contributed by atoms with van der Waals surface area (Å²) in [5, 5.41) is 60.2. The zero-order valence-electron chi connectivity index (χ0n) is 15.1. The van der Waals surface area contributed by atoms with Crippen LogP contribution in [0.5, 0.6) is 0 Å². The van der Waals surface area contributed by atoms with Crippen LogP contribution < -0.4 is 5.32 Å². The molecule has 0 aromatic carbocycles. The first kappa shape index (κ1) is 22.8. The predicted molar refractivity (Wildman–Crippen MR) is 95.1 cm³/mol. The Morgan fingerprint density at radius 2 is 1.28 bits per heavy atom. The van der Waals surface area contributed by atoms with Gasteiger partial charge in [0.1, 0.15) is 0 Å². The molecule has 1 fully saturated rings. The van der Waals surface area contributed by atoms with Gasteiger partial charge in [-0.25, -0.2) is 0 Å². The number of unbranched alkanes of at least 4 members (excludes halogenated alkanes) is 5. The summed E-state index contributed by atoms with van der Waals surface area (Å²) in [6, 6.07) is -1.17. The van der Waals surface area contributed by atoms with E-state index in [9.17, 15) is 20.4 Å². The standard InChI is InChI=1S/C18H37NO6/c20-11-7-9-13(22)8-5-3-1-2-4-6-10-15(23)16-18(25)17(24)14(12-21)19-16/h13-25H,1-12H2/t13-,14-,15-,16-,17-,18-/m1/s1. The first-order valence-corrected chi connectivity index (χ1v) is 9.71. The summed E-state index contributed by atoms with van der Waals surface area (Å²) in [6.45, 7) is -0.133. The SMILES string of the molecule is OCCC[C@H](O)CCCCCCCC[C@@H](O)[C@H]1N[C@H](CO)[C@@H](O)[C@@H]1O. The van der Waals surface area contributed by atoms with Gasteiger partial charge in [0.2, 0.25) is 0 Å². The summed E-state index contributed by atoms with van der Waals surface area (Å²) in [5.41, 5.74) is 0. The molecule has 0 aliphatic carbocycles. The molecule has 0 radical (unpaired) electrons. The number of hydrogen-bond donors (Lipinski definition) is 7. The van der Waals surface area contributed by atoms with Crippen molar-refractivity contribution < 1.29 is 30.6 Å². The number of aliphatic hydroxyl groups excluding tert-OH is 6. The van der Waals surface area contributed by atoms with Gasteiger partial charge in [-0.2, -0.15) is 0 Å². The topological polar surface area (TPSA) is 133 Å². The Balaban J connectivity index is 2.01. The van der Waals surface area contributed by atoms with Crippen LogP contribution in [0, 0.1) is 0 Å². The van der Waals surface area contributed by atoms with Gasteiger partial charge in [-0.05, 0) is 25.7 Å². The molecule has 1 aliphatic heterocycles. The van der Waals surface area contributed by atoms with E-state index in [2.05, 4.69) is 5.32 Å². The van der Waals surface area contributed by atoms with Crippen molar-refractivity contribution in [3.8, 4) is 0 Å². The van der Waals surface area contributed by atoms with Crippen LogP contribution in [0.3, 0.4) is 0 Å². The van der Waals surface area contributed by atoms with Crippen molar-refractivity contribution in [1.29, 1.82) is 0 Å². The zero-order valence-corrected chi connectivity index (χ0v) is 15.1. The smallest absolute Gasteiger partial charge is 0.0993 e. The van der Waals surface area contributed by atoms with Gasteiger partial charge in [0.15, 0.2) is 0 Å². The van der Waals surface area contributed by atoms with Gasteiger partial charge in [0.05, 0.1) is 43.1 Å². The highest BCUT2D eigenvalue weighted by Gasteiger charge is 2.43. The third kappa shape index (κ3) is 8.30. The van der Waals surface area contributed by atoms with Crippen LogP contribution in [0.4, 0.5) is 0 Å². The van der Waals surface area contributed by atoms with E-state index in [-0.39, 0.29) is 19.3 Å². The molecule has 1 aliphatic rings. The van der Waals surface area contributed by atoms with E-state index in [1.54, 1.807) is 0 Å². The molecule has 0 amide bonds. The maximum Gasteiger partial charge on any atom is 0.0993 e. The molecule has 0 spiro atoms. The number of aliphatic hydroxyl groups is 6. The van der Waals surface area contributed by atoms with Crippen LogP contribution in [0.1, 0.15) is 64.2 Å². The van der Waals surface area contributed by atoms with E-state index in [0.29, 0.717) is 19.3 Å². The first-order valence-electron chi connectivity index (χ1n) is 9.71. The normalized spacial score (nSPS) is 29.0. The highest BCUT2D eigenvalue weighted by atomic mass is 16.3. The molecule has 6 atom stereocenters. The Kier molecular flexibility index (Phi) is 11.8. The van der Waals surface area contributed by atoms with Crippen LogP contribution in [0.2, 0.25) is 0 Å². The maximum absolute atomic E-state index is 10.2. The van der Waals surface area contributed by atoms with E-state index in [1.165, 1.54) is 0 Å². The fraction of sp³-hybridized carbons (Fsp3) is 1.00. The largest absolute Gasteiger partial charge is 0.396 e. The van der Waals surface area contributed by atoms with E-state index in [4.69, 9.17) is 10.2 Å². The summed E-state index contributed by atoms with van der Waals surface area (Å²) >= 11 is 0. The van der Waals surface area contributed by atoms with Gasteiger partial charge < -0.3 is 36.0 Å². The van der Waals surface area contributed by atoms with E-state index < -0.39 is 30.4 Å². The lowest BCUT2D eigenvalue weighted by Crippen LogP contribution is -2.44. The second kappa shape index (κ2) is 13.0. The van der Waals surface area contributed by atoms with Crippen molar-refractivity contribution >= 4 is 0 Å². The lowest BCUT2D eigenvalue weighted by molar-refractivity contribution is -0.00443. The molecule has 7 heteroatoms. The van der Waals surface area contributed by atoms with E-state index in [1.807, 2.05) is 0 Å². The Labute approximate surface area is 150 Å². The molecule has 0 saturated carbocycles. The van der Waals surface area contributed by atoms with Gasteiger partial charge in [-0.3, -0.25) is 0 Å². The highest BCUT2D eigenvalue weighted by Crippen LogP contribution is 2.20. The zero-order chi connectivity index (χ0) is 18.7. The van der Waals surface area contributed by atoms with E-state index >= 15 is 0 Å². The van der Waals surface area contributed by atoms with Crippen LogP contribution in [-0.4, -0.2) is 80.4 Å². The Morgan fingerprint density at radius 3 is 1.84 bits per heavy atom. The second-order valence-corrected chi connectivity index (χ2v) is 7.25. The molecule has 0 aromatic rings. The van der Waals surface area contributed by atoms with Crippen LogP contribution >= 0.6 is 0 Å². The van der Waals surface area contributed by atoms with Gasteiger partial charge in [0, 0.05) is 6.61 Å². The minimum absolute atomic E-state index is 0.135. The van der Waals surface area contributed by atoms with Crippen molar-refractivity contribution in [2.75, 3.05) is 13.2 Å². The van der Waals surface area contributed by atoms with Crippen molar-refractivity contribution in [3.63, 3.8) is 0 Å². The fourth-order valence-corrected chi connectivity index (χ4v) is 3.49. The molecule has 150 valence electrons. The maximum atomic E-state index is 10.2. The van der Waals surface area contributed by atoms with Gasteiger partial charge in [-0.1, -0.05) is 38.5 Å². The third-order valence-corrected chi connectivity index (χ3v) is 5.13. The van der Waals surface area contributed by atoms with Crippen molar-refractivity contribution in [2.45, 2.75) is 101 Å². The molecule has 7 nitrogen and oxygen atoms in total. The number of hydrogen-bond acceptors (Lipinski definition) is 7. The predicted octanol–water partition coefficient (Wildman–Crippen LogP) is -0.344. The summed E-state index contributed by atoms with van der Waals surface area (Å²) < 4.78 is 0. The molecule has 1 saturated heterocycles. The van der Waals surface area contributed by atoms with Crippen molar-refractivity contribution in [2.24, 2.45) is 0 Å². The summed E-state index contributed by atoms with van der Waals surface area (Å²) in [6.07, 6.45) is 5.63. The van der Waals surface area contributed by atoms with Gasteiger partial charge in [-0.15, -0.1) is 0 Å². The number of rotatable bonds is 14. The second-order valence-electron chi connectivity index (χ2n) is 7.25. The molecule has 25 heavy (non-hydrogen) atoms. The quantitative estimate of drug-likeness (QED) is 0.210. The summed E-state index contributed by atoms with van der Waals surface area (Å²) in [4.78, 5) is 0. The Morgan fingerprint density at radius 1 is 0.720 bits per heavy atom. The van der Waals surface area contributed by atoms with Crippen LogP contribution in [0.25, 0.3) is 0 Å². The molecule has 0 unspecified atom stereocenters. The highest BCUT2D eigenvalue weighted by molar-refractivity contribution is 5.00. The minimum atomic E-state index is -1.05.